The third-order valence-electron chi connectivity index (χ3n) is 7.37. The third-order valence-corrected chi connectivity index (χ3v) is 9.73. The number of halogens is 3. The standard InChI is InChI=1S/C33H30Cl2FN3O6S/c1-37-33(41)29(17-22-5-3-2-4-6-22)38(20-23-7-8-24(34)18-28(23)35)32(40)21-39(26-11-9-25(36)10-12-26)46(42,43)27-13-14-30-31(19-27)45-16-15-44-30/h2-14,18-19,29H,15-17,20-21H2,1H3,(H,37,41)/t29-/m0/s1. The van der Waals surface area contributed by atoms with Crippen molar-refractivity contribution in [3.8, 4) is 11.5 Å². The van der Waals surface area contributed by atoms with Gasteiger partial charge in [0.25, 0.3) is 10.0 Å². The molecular formula is C33H30Cl2FN3O6S. The fourth-order valence-electron chi connectivity index (χ4n) is 5.00. The largest absolute Gasteiger partial charge is 0.486 e. The fraction of sp³-hybridized carbons (Fsp3) is 0.212. The van der Waals surface area contributed by atoms with Crippen LogP contribution in [0.2, 0.25) is 10.0 Å². The van der Waals surface area contributed by atoms with Crippen molar-refractivity contribution in [2.24, 2.45) is 0 Å². The molecule has 9 nitrogen and oxygen atoms in total. The maximum Gasteiger partial charge on any atom is 0.264 e. The quantitative estimate of drug-likeness (QED) is 0.224. The van der Waals surface area contributed by atoms with Crippen LogP contribution in [0.25, 0.3) is 0 Å². The van der Waals surface area contributed by atoms with Crippen LogP contribution in [0.15, 0.2) is 95.9 Å². The molecule has 0 aliphatic carbocycles. The molecule has 13 heteroatoms. The van der Waals surface area contributed by atoms with Gasteiger partial charge in [-0.1, -0.05) is 59.6 Å². The number of ether oxygens (including phenoxy) is 2. The smallest absolute Gasteiger partial charge is 0.264 e. The summed E-state index contributed by atoms with van der Waals surface area (Å²) in [5, 5.41) is 3.27. The van der Waals surface area contributed by atoms with Crippen molar-refractivity contribution >= 4 is 50.7 Å². The van der Waals surface area contributed by atoms with Crippen molar-refractivity contribution in [2.75, 3.05) is 31.1 Å². The number of likely N-dealkylation sites (N-methyl/N-ethyl adjacent to an activating group) is 1. The minimum Gasteiger partial charge on any atom is -0.486 e. The summed E-state index contributed by atoms with van der Waals surface area (Å²) in [5.74, 6) is -1.14. The zero-order valence-electron chi connectivity index (χ0n) is 24.7. The average Bonchev–Trinajstić information content (AvgIpc) is 3.06. The molecule has 4 aromatic carbocycles. The summed E-state index contributed by atoms with van der Waals surface area (Å²) in [7, 11) is -2.99. The van der Waals surface area contributed by atoms with E-state index in [1.165, 1.54) is 48.3 Å². The number of anilines is 1. The maximum atomic E-state index is 14.4. The molecule has 46 heavy (non-hydrogen) atoms. The number of fused-ring (bicyclic) bond motifs is 1. The first-order valence-electron chi connectivity index (χ1n) is 14.2. The highest BCUT2D eigenvalue weighted by molar-refractivity contribution is 7.92. The van der Waals surface area contributed by atoms with Gasteiger partial charge >= 0.3 is 0 Å². The summed E-state index contributed by atoms with van der Waals surface area (Å²) < 4.78 is 54.4. The van der Waals surface area contributed by atoms with Gasteiger partial charge in [-0.15, -0.1) is 0 Å². The predicted octanol–water partition coefficient (Wildman–Crippen LogP) is 5.49. The minimum absolute atomic E-state index is 0.0358. The van der Waals surface area contributed by atoms with Crippen molar-refractivity contribution < 1.29 is 31.9 Å². The normalized spacial score (nSPS) is 13.0. The molecule has 0 bridgehead atoms. The van der Waals surface area contributed by atoms with Crippen molar-refractivity contribution in [1.82, 2.24) is 10.2 Å². The van der Waals surface area contributed by atoms with Crippen LogP contribution in [0, 0.1) is 5.82 Å². The second-order valence-corrected chi connectivity index (χ2v) is 13.1. The lowest BCUT2D eigenvalue weighted by atomic mass is 10.0. The second-order valence-electron chi connectivity index (χ2n) is 10.4. The first kappa shape index (κ1) is 33.1. The Hall–Kier alpha value is -4.32. The zero-order chi connectivity index (χ0) is 32.8. The Labute approximate surface area is 276 Å². The van der Waals surface area contributed by atoms with Gasteiger partial charge in [0.2, 0.25) is 11.8 Å². The van der Waals surface area contributed by atoms with E-state index in [0.29, 0.717) is 22.9 Å². The van der Waals surface area contributed by atoms with Crippen LogP contribution in [0.4, 0.5) is 10.1 Å². The number of sulfonamides is 1. The molecule has 1 aliphatic rings. The zero-order valence-corrected chi connectivity index (χ0v) is 27.0. The Bertz CT molecular complexity index is 1830. The monoisotopic (exact) mass is 685 g/mol. The van der Waals surface area contributed by atoms with E-state index in [-0.39, 0.29) is 40.9 Å². The van der Waals surface area contributed by atoms with E-state index in [4.69, 9.17) is 32.7 Å². The van der Waals surface area contributed by atoms with Crippen molar-refractivity contribution in [2.45, 2.75) is 23.9 Å². The second kappa shape index (κ2) is 14.4. The number of nitrogens with one attached hydrogen (secondary N) is 1. The summed E-state index contributed by atoms with van der Waals surface area (Å²) in [4.78, 5) is 28.9. The van der Waals surface area contributed by atoms with E-state index in [9.17, 15) is 22.4 Å². The number of amides is 2. The lowest BCUT2D eigenvalue weighted by Gasteiger charge is -2.34. The molecule has 4 aromatic rings. The first-order valence-corrected chi connectivity index (χ1v) is 16.4. The van der Waals surface area contributed by atoms with Gasteiger partial charge in [0.15, 0.2) is 11.5 Å². The molecule has 0 aromatic heterocycles. The van der Waals surface area contributed by atoms with Crippen molar-refractivity contribution in [1.29, 1.82) is 0 Å². The molecule has 2 amide bonds. The van der Waals surface area contributed by atoms with Crippen LogP contribution in [0.3, 0.4) is 0 Å². The van der Waals surface area contributed by atoms with Gasteiger partial charge in [0, 0.05) is 36.1 Å². The molecule has 240 valence electrons. The number of hydrogen-bond acceptors (Lipinski definition) is 6. The molecule has 1 atom stereocenters. The van der Waals surface area contributed by atoms with Crippen LogP contribution in [-0.4, -0.2) is 58.0 Å². The topological polar surface area (TPSA) is 105 Å². The Morgan fingerprint density at radius 2 is 1.61 bits per heavy atom. The van der Waals surface area contributed by atoms with E-state index in [2.05, 4.69) is 5.32 Å². The predicted molar refractivity (Wildman–Crippen MR) is 173 cm³/mol. The molecule has 1 heterocycles. The summed E-state index contributed by atoms with van der Waals surface area (Å²) in [6, 6.07) is 21.7. The van der Waals surface area contributed by atoms with Crippen molar-refractivity contribution in [3.63, 3.8) is 0 Å². The van der Waals surface area contributed by atoms with Gasteiger partial charge in [-0.2, -0.15) is 0 Å². The molecule has 0 saturated carbocycles. The van der Waals surface area contributed by atoms with Crippen LogP contribution >= 0.6 is 23.2 Å². The van der Waals surface area contributed by atoms with Crippen LogP contribution in [0.5, 0.6) is 11.5 Å². The number of rotatable bonds is 11. The minimum atomic E-state index is -4.44. The number of benzene rings is 4. The maximum absolute atomic E-state index is 14.4. The fourth-order valence-corrected chi connectivity index (χ4v) is 6.90. The number of nitrogens with zero attached hydrogens (tertiary/aromatic N) is 2. The summed E-state index contributed by atoms with van der Waals surface area (Å²) >= 11 is 12.6. The summed E-state index contributed by atoms with van der Waals surface area (Å²) in [5.41, 5.74) is 1.30. The highest BCUT2D eigenvalue weighted by atomic mass is 35.5. The summed E-state index contributed by atoms with van der Waals surface area (Å²) in [6.07, 6.45) is 0.128. The molecule has 0 spiro atoms. The lowest BCUT2D eigenvalue weighted by molar-refractivity contribution is -0.139. The molecule has 0 fully saturated rings. The molecule has 5 rings (SSSR count). The Morgan fingerprint density at radius 1 is 0.913 bits per heavy atom. The Balaban J connectivity index is 1.57. The van der Waals surface area contributed by atoms with Crippen molar-refractivity contribution in [3.05, 3.63) is 118 Å². The third kappa shape index (κ3) is 7.55. The van der Waals surface area contributed by atoms with Crippen LogP contribution in [-0.2, 0) is 32.6 Å². The molecular weight excluding hydrogens is 656 g/mol. The number of hydrogen-bond donors (Lipinski definition) is 1. The average molecular weight is 687 g/mol. The van der Waals surface area contributed by atoms with Gasteiger partial charge in [0.05, 0.1) is 10.6 Å². The van der Waals surface area contributed by atoms with Gasteiger partial charge in [-0.05, 0) is 59.7 Å². The molecule has 1 N–H and O–H groups in total. The molecule has 1 aliphatic heterocycles. The highest BCUT2D eigenvalue weighted by Crippen LogP contribution is 2.34. The van der Waals surface area contributed by atoms with E-state index in [1.54, 1.807) is 12.1 Å². The van der Waals surface area contributed by atoms with E-state index in [1.807, 2.05) is 30.3 Å². The van der Waals surface area contributed by atoms with Crippen LogP contribution in [0.1, 0.15) is 11.1 Å². The van der Waals surface area contributed by atoms with E-state index >= 15 is 0 Å². The number of carbonyl (C=O) groups is 2. The Kier molecular flexibility index (Phi) is 10.4. The lowest BCUT2D eigenvalue weighted by Crippen LogP contribution is -2.53. The first-order chi connectivity index (χ1) is 22.1. The SMILES string of the molecule is CNC(=O)[C@H](Cc1ccccc1)N(Cc1ccc(Cl)cc1Cl)C(=O)CN(c1ccc(F)cc1)S(=O)(=O)c1ccc2c(c1)OCCO2. The Morgan fingerprint density at radius 3 is 2.28 bits per heavy atom. The van der Waals surface area contributed by atoms with Gasteiger partial charge < -0.3 is 19.7 Å². The van der Waals surface area contributed by atoms with E-state index < -0.39 is 40.2 Å². The van der Waals surface area contributed by atoms with Gasteiger partial charge in [-0.3, -0.25) is 13.9 Å². The molecule has 0 saturated heterocycles. The molecule has 0 radical (unpaired) electrons. The van der Waals surface area contributed by atoms with Gasteiger partial charge in [-0.25, -0.2) is 12.8 Å². The highest BCUT2D eigenvalue weighted by Gasteiger charge is 2.35. The van der Waals surface area contributed by atoms with Gasteiger partial charge in [0.1, 0.15) is 31.6 Å². The number of carbonyl (C=O) groups excluding carboxylic acids is 2. The summed E-state index contributed by atoms with van der Waals surface area (Å²) in [6.45, 7) is -0.309. The molecule has 0 unspecified atom stereocenters. The van der Waals surface area contributed by atoms with Crippen LogP contribution < -0.4 is 19.1 Å². The van der Waals surface area contributed by atoms with E-state index in [0.717, 1.165) is 22.0 Å².